The number of allylic oxidation sites excluding steroid dienone is 5. The number of hydrogen-bond donors (Lipinski definition) is 3. The van der Waals surface area contributed by atoms with Gasteiger partial charge >= 0.3 is 5.97 Å². The van der Waals surface area contributed by atoms with Crippen LogP contribution in [-0.4, -0.2) is 47.4 Å². The van der Waals surface area contributed by atoms with Crippen LogP contribution in [0.25, 0.3) is 0 Å². The van der Waals surface area contributed by atoms with E-state index in [2.05, 4.69) is 43.5 Å². The average Bonchev–Trinajstić information content (AvgIpc) is 3.45. The van der Waals surface area contributed by atoms with E-state index in [1.54, 1.807) is 6.08 Å². The van der Waals surface area contributed by atoms with E-state index >= 15 is 0 Å². The van der Waals surface area contributed by atoms with Gasteiger partial charge in [0.15, 0.2) is 0 Å². The van der Waals surface area contributed by atoms with Crippen molar-refractivity contribution in [2.75, 3.05) is 13.2 Å². The molecule has 0 fully saturated rings. The van der Waals surface area contributed by atoms with Gasteiger partial charge in [-0.05, 0) is 64.2 Å². The molecule has 0 rings (SSSR count). The summed E-state index contributed by atoms with van der Waals surface area (Å²) in [6, 6.07) is -0.625. The Kier molecular flexibility index (Phi) is 66.9. The highest BCUT2D eigenvalue weighted by molar-refractivity contribution is 5.76. The number of ether oxygens (including phenoxy) is 1. The van der Waals surface area contributed by atoms with E-state index in [9.17, 15) is 19.8 Å². The van der Waals surface area contributed by atoms with Crippen LogP contribution in [0.4, 0.5) is 0 Å². The fraction of sp³-hybridized carbons (Fsp3) is 0.890. The van der Waals surface area contributed by atoms with Crippen LogP contribution in [0.3, 0.4) is 0 Å². The molecule has 3 N–H and O–H groups in total. The summed E-state index contributed by atoms with van der Waals surface area (Å²) >= 11 is 0. The molecule has 1 amide bonds. The summed E-state index contributed by atoms with van der Waals surface area (Å²) in [7, 11) is 0. The number of rotatable bonds is 67. The van der Waals surface area contributed by atoms with Crippen molar-refractivity contribution >= 4 is 11.9 Å². The second-order valence-corrected chi connectivity index (χ2v) is 24.6. The number of esters is 1. The van der Waals surface area contributed by atoms with Crippen LogP contribution in [0.15, 0.2) is 36.5 Å². The van der Waals surface area contributed by atoms with Crippen molar-refractivity contribution in [3.63, 3.8) is 0 Å². The topological polar surface area (TPSA) is 95.9 Å². The monoisotopic (exact) mass is 1110 g/mol. The van der Waals surface area contributed by atoms with Crippen LogP contribution in [0.5, 0.6) is 0 Å². The van der Waals surface area contributed by atoms with Gasteiger partial charge in [-0.3, -0.25) is 9.59 Å². The summed E-state index contributed by atoms with van der Waals surface area (Å²) in [4.78, 5) is 24.6. The first-order valence-corrected chi connectivity index (χ1v) is 35.8. The Morgan fingerprint density at radius 3 is 0.987 bits per heavy atom. The van der Waals surface area contributed by atoms with Crippen molar-refractivity contribution in [3.8, 4) is 0 Å². The Morgan fingerprint density at radius 1 is 0.354 bits per heavy atom. The van der Waals surface area contributed by atoms with E-state index in [-0.39, 0.29) is 18.5 Å². The lowest BCUT2D eigenvalue weighted by molar-refractivity contribution is -0.143. The molecule has 2 atom stereocenters. The quantitative estimate of drug-likeness (QED) is 0.0320. The third-order valence-electron chi connectivity index (χ3n) is 16.7. The number of aliphatic hydroxyl groups excluding tert-OH is 2. The lowest BCUT2D eigenvalue weighted by Gasteiger charge is -2.20. The molecule has 0 spiro atoms. The van der Waals surface area contributed by atoms with E-state index < -0.39 is 12.1 Å². The molecule has 0 aromatic rings. The van der Waals surface area contributed by atoms with Crippen molar-refractivity contribution < 1.29 is 24.5 Å². The molecule has 0 aliphatic carbocycles. The largest absolute Gasteiger partial charge is 0.466 e. The van der Waals surface area contributed by atoms with E-state index in [1.165, 1.54) is 315 Å². The van der Waals surface area contributed by atoms with Gasteiger partial charge in [0.1, 0.15) is 0 Å². The van der Waals surface area contributed by atoms with Gasteiger partial charge in [-0.2, -0.15) is 0 Å². The number of aliphatic hydroxyl groups is 2. The van der Waals surface area contributed by atoms with Gasteiger partial charge in [0, 0.05) is 12.8 Å². The predicted molar refractivity (Wildman–Crippen MR) is 347 cm³/mol. The lowest BCUT2D eigenvalue weighted by Crippen LogP contribution is -2.45. The molecule has 0 aromatic heterocycles. The number of carbonyl (C=O) groups is 2. The molecule has 0 aromatic carbocycles. The van der Waals surface area contributed by atoms with Gasteiger partial charge in [-0.1, -0.05) is 352 Å². The highest BCUT2D eigenvalue weighted by Crippen LogP contribution is 2.19. The smallest absolute Gasteiger partial charge is 0.305 e. The Bertz CT molecular complexity index is 1280. The molecule has 6 heteroatoms. The van der Waals surface area contributed by atoms with Crippen LogP contribution < -0.4 is 5.32 Å². The SMILES string of the molecule is CCCCC/C=C\C/C=C\CCCCCCCCCCCC(=O)OCCCCCCCCCCCCCCCCCCCCCCCCCCCCCCC(=O)NC(CO)C(O)/C=C/CCCCCCCCCCCCCCC. The maximum atomic E-state index is 12.5. The molecule has 0 heterocycles. The third-order valence-corrected chi connectivity index (χ3v) is 16.7. The van der Waals surface area contributed by atoms with E-state index in [0.717, 1.165) is 51.4 Å². The highest BCUT2D eigenvalue weighted by atomic mass is 16.5. The minimum atomic E-state index is -0.842. The summed E-state index contributed by atoms with van der Waals surface area (Å²) in [5.74, 6) is -0.0475. The van der Waals surface area contributed by atoms with Gasteiger partial charge < -0.3 is 20.3 Å². The Balaban J connectivity index is 3.34. The van der Waals surface area contributed by atoms with Crippen LogP contribution >= 0.6 is 0 Å². The zero-order valence-electron chi connectivity index (χ0n) is 53.4. The first-order chi connectivity index (χ1) is 39.0. The molecule has 0 bridgehead atoms. The Hall–Kier alpha value is -1.92. The van der Waals surface area contributed by atoms with Gasteiger partial charge in [0.05, 0.1) is 25.4 Å². The zero-order valence-corrected chi connectivity index (χ0v) is 53.4. The maximum absolute atomic E-state index is 12.5. The molecule has 0 aliphatic rings. The second kappa shape index (κ2) is 68.6. The van der Waals surface area contributed by atoms with Gasteiger partial charge in [-0.25, -0.2) is 0 Å². The van der Waals surface area contributed by atoms with Gasteiger partial charge in [0.2, 0.25) is 5.91 Å². The first kappa shape index (κ1) is 77.1. The van der Waals surface area contributed by atoms with Crippen molar-refractivity contribution in [2.24, 2.45) is 0 Å². The molecule has 0 radical (unpaired) electrons. The van der Waals surface area contributed by atoms with Gasteiger partial charge in [0.25, 0.3) is 0 Å². The molecular formula is C73H139NO5. The number of hydrogen-bond acceptors (Lipinski definition) is 5. The summed E-state index contributed by atoms with van der Waals surface area (Å²) in [5, 5.41) is 23.2. The normalized spacial score (nSPS) is 12.7. The van der Waals surface area contributed by atoms with Crippen LogP contribution in [0.1, 0.15) is 393 Å². The Morgan fingerprint density at radius 2 is 0.633 bits per heavy atom. The number of nitrogens with one attached hydrogen (secondary N) is 1. The minimum Gasteiger partial charge on any atom is -0.466 e. The van der Waals surface area contributed by atoms with Crippen LogP contribution in [0, 0.1) is 0 Å². The second-order valence-electron chi connectivity index (χ2n) is 24.6. The lowest BCUT2D eigenvalue weighted by atomic mass is 10.0. The standard InChI is InChI=1S/C73H139NO5/c1-3-5-7-9-11-13-15-17-19-20-31-35-39-43-47-51-55-59-63-67-73(78)79-68-64-60-56-52-48-44-40-36-33-30-28-26-24-22-21-23-25-27-29-32-34-38-42-46-50-54-58-62-66-72(77)74-70(69-75)71(76)65-61-57-53-49-45-41-37-18-16-14-12-10-8-6-4-2/h11,13,17,19,61,65,70-71,75-76H,3-10,12,14-16,18,20-60,62-64,66-69H2,1-2H3,(H,74,77)/b13-11-,19-17-,65-61+. The zero-order chi connectivity index (χ0) is 57.1. The fourth-order valence-electron chi connectivity index (χ4n) is 11.2. The predicted octanol–water partition coefficient (Wildman–Crippen LogP) is 23.1. The van der Waals surface area contributed by atoms with Crippen molar-refractivity contribution in [1.29, 1.82) is 0 Å². The maximum Gasteiger partial charge on any atom is 0.305 e. The third kappa shape index (κ3) is 65.1. The molecule has 0 aliphatic heterocycles. The van der Waals surface area contributed by atoms with Crippen LogP contribution in [-0.2, 0) is 14.3 Å². The molecular weight excluding hydrogens is 971 g/mol. The first-order valence-electron chi connectivity index (χ1n) is 35.8. The summed E-state index contributed by atoms with van der Waals surface area (Å²) in [6.07, 6.45) is 88.0. The molecule has 0 saturated carbocycles. The molecule has 6 nitrogen and oxygen atoms in total. The van der Waals surface area contributed by atoms with Crippen LogP contribution in [0.2, 0.25) is 0 Å². The molecule has 79 heavy (non-hydrogen) atoms. The summed E-state index contributed by atoms with van der Waals surface area (Å²) in [5.41, 5.74) is 0. The van der Waals surface area contributed by atoms with Crippen molar-refractivity contribution in [1.82, 2.24) is 5.32 Å². The highest BCUT2D eigenvalue weighted by Gasteiger charge is 2.18. The van der Waals surface area contributed by atoms with E-state index in [0.29, 0.717) is 19.4 Å². The van der Waals surface area contributed by atoms with Crippen molar-refractivity contribution in [3.05, 3.63) is 36.5 Å². The number of unbranched alkanes of at least 4 members (excludes halogenated alkanes) is 52. The molecule has 466 valence electrons. The fourth-order valence-corrected chi connectivity index (χ4v) is 11.2. The Labute approximate surface area is 494 Å². The molecule has 0 saturated heterocycles. The van der Waals surface area contributed by atoms with Crippen molar-refractivity contribution in [2.45, 2.75) is 405 Å². The van der Waals surface area contributed by atoms with E-state index in [4.69, 9.17) is 4.74 Å². The van der Waals surface area contributed by atoms with E-state index in [1.807, 2.05) is 6.08 Å². The number of carbonyl (C=O) groups excluding carboxylic acids is 2. The number of amides is 1. The summed E-state index contributed by atoms with van der Waals surface area (Å²) < 4.78 is 5.51. The minimum absolute atomic E-state index is 0.0151. The van der Waals surface area contributed by atoms with Gasteiger partial charge in [-0.15, -0.1) is 0 Å². The average molecular weight is 1110 g/mol. The summed E-state index contributed by atoms with van der Waals surface area (Å²) in [6.45, 7) is 4.91. The molecule has 2 unspecified atom stereocenters.